The number of anilines is 5. The van der Waals surface area contributed by atoms with E-state index in [-0.39, 0.29) is 0 Å². The minimum atomic E-state index is -0.870. The molecule has 8 aromatic carbocycles. The van der Waals surface area contributed by atoms with Crippen LogP contribution >= 0.6 is 0 Å². The summed E-state index contributed by atoms with van der Waals surface area (Å²) in [5.74, 6) is 2.26. The Labute approximate surface area is 711 Å². The summed E-state index contributed by atoms with van der Waals surface area (Å²) in [5, 5.41) is 9.11. The van der Waals surface area contributed by atoms with Crippen LogP contribution in [-0.2, 0) is 32.6 Å². The first kappa shape index (κ1) is 83.0. The first-order valence-corrected chi connectivity index (χ1v) is 44.9. The number of aromatic carboxylic acids is 1. The molecule has 5 fully saturated rings. The van der Waals surface area contributed by atoms with E-state index in [0.717, 1.165) is 57.9 Å². The highest BCUT2D eigenvalue weighted by molar-refractivity contribution is 5.87. The lowest BCUT2D eigenvalue weighted by Crippen LogP contribution is -2.37. The minimum absolute atomic E-state index is 0.347. The van der Waals surface area contributed by atoms with E-state index in [2.05, 4.69) is 299 Å². The molecule has 1 N–H and O–H groups in total. The average Bonchev–Trinajstić information content (AvgIpc) is 1.42. The molecule has 10 atom stereocenters. The van der Waals surface area contributed by atoms with Crippen LogP contribution in [0.1, 0.15) is 188 Å². The zero-order valence-corrected chi connectivity index (χ0v) is 72.7. The van der Waals surface area contributed by atoms with Gasteiger partial charge in [0.05, 0.1) is 17.8 Å². The number of benzene rings is 8. The summed E-state index contributed by atoms with van der Waals surface area (Å²) in [7, 11) is 11.3. The summed E-state index contributed by atoms with van der Waals surface area (Å²) >= 11 is 0. The summed E-state index contributed by atoms with van der Waals surface area (Å²) < 4.78 is 0. The largest absolute Gasteiger partial charge is 0.478 e. The van der Waals surface area contributed by atoms with E-state index < -0.39 is 5.97 Å². The maximum atomic E-state index is 11.1. The molecule has 12 heterocycles. The van der Waals surface area contributed by atoms with Gasteiger partial charge in [0.25, 0.3) is 0 Å². The van der Waals surface area contributed by atoms with E-state index in [1.165, 1.54) is 201 Å². The smallest absolute Gasteiger partial charge is 0.335 e. The second-order valence-electron chi connectivity index (χ2n) is 36.8. The fraction of sp³-hybridized carbons (Fsp3) is 0.438. The van der Waals surface area contributed by atoms with Gasteiger partial charge >= 0.3 is 5.97 Å². The maximum absolute atomic E-state index is 11.1. The third-order valence-electron chi connectivity index (χ3n) is 27.9. The van der Waals surface area contributed by atoms with Gasteiger partial charge in [0.2, 0.25) is 0 Å². The SMILES string of the molecule is Cc1ccc2c(c1)[C@H]1CN(C)CCC[C@@H]1N2CCc1ccccc1.Cc1ccc2c(c1)[C@H]1CN(C)CCC[C@@H]1N2Cc1ccc(C(=O)O)cc1.Cc1ccc2c(c1)[C@H]1CN(C)CCC[C@@H]1N2Cc1ccccc1.Cc1ccc2c(c1)[C@H]1CN(C)CCC[C@@H]1N2Cc1ccccn1.Cc1ccc2c(c1)[C@H]1CN(C)CCC[C@@H]1N2Cc1cccnc1. The summed E-state index contributed by atoms with van der Waals surface area (Å²) in [6.07, 6.45) is 19.7. The van der Waals surface area contributed by atoms with Crippen LogP contribution in [0.2, 0.25) is 0 Å². The maximum Gasteiger partial charge on any atom is 0.335 e. The van der Waals surface area contributed by atoms with Gasteiger partial charge in [0, 0.05) is 166 Å². The third kappa shape index (κ3) is 19.2. The number of pyridine rings is 2. The number of aromatic nitrogens is 2. The normalized spacial score (nSPS) is 23.7. The fourth-order valence-electron chi connectivity index (χ4n) is 22.1. The lowest BCUT2D eigenvalue weighted by molar-refractivity contribution is 0.0696. The molecule has 622 valence electrons. The molecule has 0 saturated carbocycles. The number of hydrogen-bond acceptors (Lipinski definition) is 13. The van der Waals surface area contributed by atoms with Crippen molar-refractivity contribution in [3.8, 4) is 0 Å². The van der Waals surface area contributed by atoms with E-state index in [1.807, 2.05) is 42.9 Å². The lowest BCUT2D eigenvalue weighted by atomic mass is 9.92. The van der Waals surface area contributed by atoms with Crippen LogP contribution in [0.5, 0.6) is 0 Å². The Balaban J connectivity index is 0.000000111. The molecule has 2 aromatic heterocycles. The molecule has 20 rings (SSSR count). The van der Waals surface area contributed by atoms with E-state index in [9.17, 15) is 4.79 Å². The first-order valence-electron chi connectivity index (χ1n) is 44.9. The third-order valence-corrected chi connectivity index (χ3v) is 27.9. The van der Waals surface area contributed by atoms with Crippen molar-refractivity contribution in [1.29, 1.82) is 0 Å². The molecular weight excluding hydrogens is 1460 g/mol. The van der Waals surface area contributed by atoms with Crippen LogP contribution in [0.3, 0.4) is 0 Å². The molecule has 119 heavy (non-hydrogen) atoms. The van der Waals surface area contributed by atoms with E-state index in [1.54, 1.807) is 34.4 Å². The molecule has 10 aliphatic heterocycles. The highest BCUT2D eigenvalue weighted by Gasteiger charge is 2.45. The highest BCUT2D eigenvalue weighted by Crippen LogP contribution is 2.51. The summed E-state index contributed by atoms with van der Waals surface area (Å²) in [5.41, 5.74) is 28.6. The standard InChI is InChI=1S/C22H26N2O2.C22H28N2.C21H26N2.2C20H25N3/c1-15-5-10-21-18(12-15)19-14-23(2)11-3-4-20(19)24(21)13-16-6-8-17(9-7-16)22(25)26;1-17-10-11-22-19(15-17)20-16-23(2)13-6-9-21(20)24(22)14-12-18-7-4-3-5-8-18;1-16-10-11-21-18(13-16)19-15-22(2)12-6-9-20(19)23(21)14-17-7-4-3-5-8-17;1-15-7-8-20-17(11-15)18-14-22(2)10-4-6-19(18)23(20)13-16-5-3-9-21-12-16;1-15-8-9-20-17(12-15)18-14-22(2)11-5-7-19(18)23(20)13-16-6-3-4-10-21-16/h5-10,12,19-20H,3-4,11,13-14H2,1-2H3,(H,25,26);3-5,7-8,10-11,15,20-21H,6,9,12-14,16H2,1-2H3;3-5,7-8,10-11,13,19-20H,6,9,12,14-15H2,1-2H3;3,5,7-9,11-12,18-19H,4,6,10,13-14H2,1-2H3;3-4,6,8-10,12,18-19H,5,7,11,13-14H2,1-2H3/t19-,20+;20-,21+;19-,20+;2*18-,19+/m11111/s1. The van der Waals surface area contributed by atoms with Crippen molar-refractivity contribution in [1.82, 2.24) is 34.5 Å². The average molecular weight is 1590 g/mol. The van der Waals surface area contributed by atoms with Crippen LogP contribution in [0.25, 0.3) is 0 Å². The number of fused-ring (bicyclic) bond motifs is 15. The molecule has 14 nitrogen and oxygen atoms in total. The van der Waals surface area contributed by atoms with Gasteiger partial charge < -0.3 is 54.1 Å². The number of carbonyl (C=O) groups is 1. The Morgan fingerprint density at radius 2 is 0.655 bits per heavy atom. The van der Waals surface area contributed by atoms with Gasteiger partial charge in [-0.15, -0.1) is 0 Å². The lowest BCUT2D eigenvalue weighted by Gasteiger charge is -2.30. The fourth-order valence-corrected chi connectivity index (χ4v) is 22.1. The highest BCUT2D eigenvalue weighted by atomic mass is 16.4. The second kappa shape index (κ2) is 38.0. The predicted octanol–water partition coefficient (Wildman–Crippen LogP) is 19.5. The number of rotatable bonds is 12. The summed E-state index contributed by atoms with van der Waals surface area (Å²) in [6, 6.07) is 77.6. The Morgan fingerprint density at radius 3 is 1.00 bits per heavy atom. The Morgan fingerprint density at radius 1 is 0.336 bits per heavy atom. The van der Waals surface area contributed by atoms with Crippen molar-refractivity contribution in [3.63, 3.8) is 0 Å². The van der Waals surface area contributed by atoms with Crippen LogP contribution in [0.4, 0.5) is 28.4 Å². The van der Waals surface area contributed by atoms with Crippen molar-refractivity contribution in [2.45, 2.75) is 191 Å². The molecule has 14 heteroatoms. The first-order chi connectivity index (χ1) is 57.9. The Hall–Kier alpha value is -9.67. The van der Waals surface area contributed by atoms with Gasteiger partial charge in [-0.05, 0) is 284 Å². The van der Waals surface area contributed by atoms with Crippen molar-refractivity contribution in [3.05, 3.63) is 314 Å². The van der Waals surface area contributed by atoms with E-state index in [4.69, 9.17) is 5.11 Å². The molecular formula is C105H130N12O2. The Bertz CT molecular complexity index is 4720. The van der Waals surface area contributed by atoms with Crippen molar-refractivity contribution < 1.29 is 9.90 Å². The molecule has 10 aromatic rings. The van der Waals surface area contributed by atoms with Gasteiger partial charge in [0.1, 0.15) is 0 Å². The summed E-state index contributed by atoms with van der Waals surface area (Å²) in [6.45, 7) is 27.8. The predicted molar refractivity (Wildman–Crippen MR) is 493 cm³/mol. The van der Waals surface area contributed by atoms with E-state index in [0.29, 0.717) is 65.4 Å². The number of aryl methyl sites for hydroxylation is 5. The van der Waals surface area contributed by atoms with E-state index >= 15 is 0 Å². The molecule has 0 aliphatic carbocycles. The Kier molecular flexibility index (Phi) is 26.5. The molecule has 10 aliphatic rings. The van der Waals surface area contributed by atoms with Crippen molar-refractivity contribution >= 4 is 34.4 Å². The molecule has 0 radical (unpaired) electrons. The minimum Gasteiger partial charge on any atom is -0.478 e. The number of likely N-dealkylation sites (N-methyl/N-ethyl adjacent to an activating group) is 5. The topological polar surface area (TPSA) is 95.5 Å². The molecule has 0 unspecified atom stereocenters. The monoisotopic (exact) mass is 1590 g/mol. The number of carboxylic acid groups (broad SMARTS) is 1. The quantitative estimate of drug-likeness (QED) is 0.126. The number of nitrogens with zero attached hydrogens (tertiary/aromatic N) is 12. The molecule has 0 bridgehead atoms. The van der Waals surface area contributed by atoms with Gasteiger partial charge in [0.15, 0.2) is 0 Å². The molecule has 0 amide bonds. The number of carboxylic acids is 1. The molecule has 0 spiro atoms. The van der Waals surface area contributed by atoms with Crippen molar-refractivity contribution in [2.75, 3.05) is 132 Å². The number of likely N-dealkylation sites (tertiary alicyclic amines) is 5. The van der Waals surface area contributed by atoms with Gasteiger partial charge in [-0.2, -0.15) is 0 Å². The number of hydrogen-bond donors (Lipinski definition) is 1. The van der Waals surface area contributed by atoms with Crippen LogP contribution in [0.15, 0.2) is 225 Å². The van der Waals surface area contributed by atoms with Crippen LogP contribution in [-0.4, -0.2) is 183 Å². The second-order valence-corrected chi connectivity index (χ2v) is 36.8. The van der Waals surface area contributed by atoms with Crippen LogP contribution < -0.4 is 24.5 Å². The van der Waals surface area contributed by atoms with Gasteiger partial charge in [-0.25, -0.2) is 4.79 Å². The molecule has 5 saturated heterocycles. The summed E-state index contributed by atoms with van der Waals surface area (Å²) in [4.78, 5) is 45.6. The van der Waals surface area contributed by atoms with Gasteiger partial charge in [-0.3, -0.25) is 9.97 Å². The zero-order valence-electron chi connectivity index (χ0n) is 72.7. The van der Waals surface area contributed by atoms with Crippen molar-refractivity contribution in [2.24, 2.45) is 0 Å². The van der Waals surface area contributed by atoms with Gasteiger partial charge in [-0.1, -0.05) is 173 Å². The zero-order chi connectivity index (χ0) is 82.2. The van der Waals surface area contributed by atoms with Crippen LogP contribution in [0, 0.1) is 34.6 Å².